The van der Waals surface area contributed by atoms with Crippen molar-refractivity contribution in [1.82, 2.24) is 9.78 Å². The van der Waals surface area contributed by atoms with E-state index in [1.54, 1.807) is 13.3 Å². The third-order valence-electron chi connectivity index (χ3n) is 2.52. The maximum Gasteiger partial charge on any atom is 0.165 e. The number of rotatable bonds is 3. The summed E-state index contributed by atoms with van der Waals surface area (Å²) >= 11 is 0. The van der Waals surface area contributed by atoms with E-state index in [0.29, 0.717) is 0 Å². The summed E-state index contributed by atoms with van der Waals surface area (Å²) in [5.74, 6) is 2.23. The molecule has 0 saturated heterocycles. The van der Waals surface area contributed by atoms with Crippen molar-refractivity contribution in [3.63, 3.8) is 0 Å². The zero-order valence-electron chi connectivity index (χ0n) is 11.2. The number of aromatic nitrogens is 2. The second kappa shape index (κ2) is 4.72. The minimum Gasteiger partial charge on any atom is -0.497 e. The van der Waals surface area contributed by atoms with Gasteiger partial charge < -0.3 is 9.47 Å². The number of nitrogens with zero attached hydrogens (tertiary/aromatic N) is 2. The maximum absolute atomic E-state index is 5.73. The van der Waals surface area contributed by atoms with E-state index in [2.05, 4.69) is 25.9 Å². The van der Waals surface area contributed by atoms with Crippen LogP contribution >= 0.6 is 0 Å². The fourth-order valence-electron chi connectivity index (χ4n) is 1.53. The zero-order chi connectivity index (χ0) is 13.2. The van der Waals surface area contributed by atoms with Gasteiger partial charge in [-0.3, -0.25) is 4.68 Å². The molecule has 96 valence electrons. The van der Waals surface area contributed by atoms with Gasteiger partial charge in [0.05, 0.1) is 25.0 Å². The largest absolute Gasteiger partial charge is 0.497 e. The first-order chi connectivity index (χ1) is 8.49. The highest BCUT2D eigenvalue weighted by molar-refractivity contribution is 5.35. The van der Waals surface area contributed by atoms with E-state index >= 15 is 0 Å². The molecular weight excluding hydrogens is 228 g/mol. The Morgan fingerprint density at radius 2 is 1.83 bits per heavy atom. The Hall–Kier alpha value is -1.97. The van der Waals surface area contributed by atoms with Gasteiger partial charge in [-0.1, -0.05) is 6.07 Å². The molecule has 2 rings (SSSR count). The van der Waals surface area contributed by atoms with Crippen LogP contribution in [0, 0.1) is 0 Å². The van der Waals surface area contributed by atoms with Crippen LogP contribution < -0.4 is 9.47 Å². The standard InChI is InChI=1S/C14H18N2O2/c1-14(2,3)16-10-13(9-15-16)18-12-7-5-6-11(8-12)17-4/h5-10H,1-4H3. The van der Waals surface area contributed by atoms with Gasteiger partial charge >= 0.3 is 0 Å². The molecule has 1 aromatic carbocycles. The van der Waals surface area contributed by atoms with Crippen LogP contribution in [0.4, 0.5) is 0 Å². The van der Waals surface area contributed by atoms with Crippen molar-refractivity contribution < 1.29 is 9.47 Å². The van der Waals surface area contributed by atoms with Crippen molar-refractivity contribution in [2.75, 3.05) is 7.11 Å². The van der Waals surface area contributed by atoms with Crippen LogP contribution in [0.3, 0.4) is 0 Å². The Bertz CT molecular complexity index is 527. The summed E-state index contributed by atoms with van der Waals surface area (Å²) in [5, 5.41) is 4.29. The first-order valence-corrected chi connectivity index (χ1v) is 5.86. The molecule has 4 nitrogen and oxygen atoms in total. The van der Waals surface area contributed by atoms with Crippen LogP contribution in [0.15, 0.2) is 36.7 Å². The molecule has 0 bridgehead atoms. The molecule has 1 heterocycles. The lowest BCUT2D eigenvalue weighted by molar-refractivity contribution is 0.353. The molecule has 2 aromatic rings. The normalized spacial score (nSPS) is 11.3. The summed E-state index contributed by atoms with van der Waals surface area (Å²) in [4.78, 5) is 0. The summed E-state index contributed by atoms with van der Waals surface area (Å²) in [6.07, 6.45) is 3.60. The van der Waals surface area contributed by atoms with Gasteiger partial charge in [0.2, 0.25) is 0 Å². The Morgan fingerprint density at radius 3 is 2.44 bits per heavy atom. The van der Waals surface area contributed by atoms with Gasteiger partial charge in [-0.05, 0) is 32.9 Å². The van der Waals surface area contributed by atoms with Crippen LogP contribution in [-0.2, 0) is 5.54 Å². The van der Waals surface area contributed by atoms with Crippen LogP contribution in [0.1, 0.15) is 20.8 Å². The lowest BCUT2D eigenvalue weighted by Crippen LogP contribution is -2.21. The first kappa shape index (κ1) is 12.5. The van der Waals surface area contributed by atoms with Crippen molar-refractivity contribution in [3.05, 3.63) is 36.7 Å². The molecule has 18 heavy (non-hydrogen) atoms. The minimum atomic E-state index is -0.0456. The molecule has 0 aliphatic heterocycles. The molecule has 0 amide bonds. The zero-order valence-corrected chi connectivity index (χ0v) is 11.2. The van der Waals surface area contributed by atoms with Crippen molar-refractivity contribution in [2.45, 2.75) is 26.3 Å². The highest BCUT2D eigenvalue weighted by Crippen LogP contribution is 2.26. The third-order valence-corrected chi connectivity index (χ3v) is 2.52. The summed E-state index contributed by atoms with van der Waals surface area (Å²) in [6, 6.07) is 7.50. The highest BCUT2D eigenvalue weighted by atomic mass is 16.5. The predicted molar refractivity (Wildman–Crippen MR) is 70.3 cm³/mol. The van der Waals surface area contributed by atoms with E-state index in [1.807, 2.05) is 35.1 Å². The van der Waals surface area contributed by atoms with E-state index < -0.39 is 0 Å². The molecular formula is C14H18N2O2. The molecule has 1 aromatic heterocycles. The number of hydrogen-bond donors (Lipinski definition) is 0. The van der Waals surface area contributed by atoms with Gasteiger partial charge in [-0.25, -0.2) is 0 Å². The van der Waals surface area contributed by atoms with E-state index in [4.69, 9.17) is 9.47 Å². The van der Waals surface area contributed by atoms with Crippen molar-refractivity contribution in [1.29, 1.82) is 0 Å². The molecule has 0 saturated carbocycles. The predicted octanol–water partition coefficient (Wildman–Crippen LogP) is 3.44. The van der Waals surface area contributed by atoms with Crippen LogP contribution in [0.25, 0.3) is 0 Å². The minimum absolute atomic E-state index is 0.0456. The fraction of sp³-hybridized carbons (Fsp3) is 0.357. The third kappa shape index (κ3) is 2.83. The summed E-state index contributed by atoms with van der Waals surface area (Å²) in [7, 11) is 1.64. The maximum atomic E-state index is 5.73. The van der Waals surface area contributed by atoms with Crippen LogP contribution in [0.2, 0.25) is 0 Å². The SMILES string of the molecule is COc1cccc(Oc2cnn(C(C)(C)C)c2)c1. The molecule has 0 fully saturated rings. The Labute approximate surface area is 107 Å². The van der Waals surface area contributed by atoms with Gasteiger partial charge in [0.25, 0.3) is 0 Å². The van der Waals surface area contributed by atoms with Gasteiger partial charge in [0.15, 0.2) is 5.75 Å². The van der Waals surface area contributed by atoms with E-state index in [-0.39, 0.29) is 5.54 Å². The monoisotopic (exact) mass is 246 g/mol. The molecule has 0 radical (unpaired) electrons. The van der Waals surface area contributed by atoms with Crippen LogP contribution in [0.5, 0.6) is 17.2 Å². The van der Waals surface area contributed by atoms with Crippen molar-refractivity contribution in [3.8, 4) is 17.2 Å². The van der Waals surface area contributed by atoms with E-state index in [9.17, 15) is 0 Å². The van der Waals surface area contributed by atoms with Crippen molar-refractivity contribution in [2.24, 2.45) is 0 Å². The summed E-state index contributed by atoms with van der Waals surface area (Å²) in [6.45, 7) is 6.28. The molecule has 0 aliphatic carbocycles. The molecule has 0 unspecified atom stereocenters. The lowest BCUT2D eigenvalue weighted by Gasteiger charge is -2.18. The Morgan fingerprint density at radius 1 is 1.11 bits per heavy atom. The summed E-state index contributed by atoms with van der Waals surface area (Å²) in [5.41, 5.74) is -0.0456. The number of ether oxygens (including phenoxy) is 2. The highest BCUT2D eigenvalue weighted by Gasteiger charge is 2.14. The molecule has 0 atom stereocenters. The molecule has 0 N–H and O–H groups in total. The molecule has 0 spiro atoms. The van der Waals surface area contributed by atoms with Gasteiger partial charge in [-0.15, -0.1) is 0 Å². The van der Waals surface area contributed by atoms with Gasteiger partial charge in [0, 0.05) is 6.07 Å². The summed E-state index contributed by atoms with van der Waals surface area (Å²) < 4.78 is 12.8. The second-order valence-electron chi connectivity index (χ2n) is 5.07. The first-order valence-electron chi connectivity index (χ1n) is 5.86. The Balaban J connectivity index is 2.16. The fourth-order valence-corrected chi connectivity index (χ4v) is 1.53. The van der Waals surface area contributed by atoms with Gasteiger partial charge in [0.1, 0.15) is 11.5 Å². The second-order valence-corrected chi connectivity index (χ2v) is 5.07. The van der Waals surface area contributed by atoms with E-state index in [0.717, 1.165) is 17.2 Å². The number of methoxy groups -OCH3 is 1. The number of benzene rings is 1. The van der Waals surface area contributed by atoms with Gasteiger partial charge in [-0.2, -0.15) is 5.10 Å². The van der Waals surface area contributed by atoms with Crippen molar-refractivity contribution >= 4 is 0 Å². The average molecular weight is 246 g/mol. The smallest absolute Gasteiger partial charge is 0.165 e. The quantitative estimate of drug-likeness (QED) is 0.832. The number of hydrogen-bond acceptors (Lipinski definition) is 3. The molecule has 0 aliphatic rings. The molecule has 4 heteroatoms. The Kier molecular flexibility index (Phi) is 3.28. The topological polar surface area (TPSA) is 36.3 Å². The lowest BCUT2D eigenvalue weighted by atomic mass is 10.1. The average Bonchev–Trinajstić information content (AvgIpc) is 2.77. The van der Waals surface area contributed by atoms with Crippen LogP contribution in [-0.4, -0.2) is 16.9 Å². The van der Waals surface area contributed by atoms with E-state index in [1.165, 1.54) is 0 Å².